The Labute approximate surface area is 233 Å². The second kappa shape index (κ2) is 11.4. The Balaban J connectivity index is 1.40. The van der Waals surface area contributed by atoms with Crippen LogP contribution in [0.5, 0.6) is 23.0 Å². The SMILES string of the molecule is CCCC1CCC(c2ccc(Oc3ccc(N)c(C)c3)cc2)(c2ccc(Oc3ccc(N)c(C)c3)cc2)CC1. The predicted octanol–water partition coefficient (Wildman–Crippen LogP) is 9.33. The summed E-state index contributed by atoms with van der Waals surface area (Å²) in [5, 5.41) is 0. The molecule has 4 N–H and O–H groups in total. The van der Waals surface area contributed by atoms with Crippen LogP contribution in [0.4, 0.5) is 11.4 Å². The molecular weight excluding hydrogens is 480 g/mol. The summed E-state index contributed by atoms with van der Waals surface area (Å²) in [7, 11) is 0. The third-order valence-electron chi connectivity index (χ3n) is 8.42. The monoisotopic (exact) mass is 520 g/mol. The number of aryl methyl sites for hydroxylation is 2. The second-order valence-corrected chi connectivity index (χ2v) is 11.1. The van der Waals surface area contributed by atoms with Crippen LogP contribution in [0.2, 0.25) is 0 Å². The smallest absolute Gasteiger partial charge is 0.127 e. The fourth-order valence-electron chi connectivity index (χ4n) is 5.99. The third-order valence-corrected chi connectivity index (χ3v) is 8.42. The van der Waals surface area contributed by atoms with Crippen LogP contribution in [0.3, 0.4) is 0 Å². The number of benzene rings is 4. The normalized spacial score (nSPS) is 15.2. The molecule has 0 bridgehead atoms. The van der Waals surface area contributed by atoms with E-state index < -0.39 is 0 Å². The fraction of sp³-hybridized carbons (Fsp3) is 0.314. The lowest BCUT2D eigenvalue weighted by atomic mass is 9.62. The Bertz CT molecular complexity index is 1300. The van der Waals surface area contributed by atoms with Crippen LogP contribution < -0.4 is 20.9 Å². The third kappa shape index (κ3) is 5.90. The molecule has 4 nitrogen and oxygen atoms in total. The van der Waals surface area contributed by atoms with E-state index in [0.29, 0.717) is 0 Å². The van der Waals surface area contributed by atoms with Gasteiger partial charge in [0.15, 0.2) is 0 Å². The van der Waals surface area contributed by atoms with Crippen LogP contribution in [0.25, 0.3) is 0 Å². The van der Waals surface area contributed by atoms with Gasteiger partial charge < -0.3 is 20.9 Å². The largest absolute Gasteiger partial charge is 0.457 e. The van der Waals surface area contributed by atoms with Gasteiger partial charge in [0, 0.05) is 16.8 Å². The average molecular weight is 521 g/mol. The minimum atomic E-state index is -0.0170. The maximum atomic E-state index is 6.15. The van der Waals surface area contributed by atoms with Gasteiger partial charge in [0.2, 0.25) is 0 Å². The summed E-state index contributed by atoms with van der Waals surface area (Å²) in [4.78, 5) is 0. The lowest BCUT2D eigenvalue weighted by molar-refractivity contribution is 0.253. The molecule has 0 amide bonds. The van der Waals surface area contributed by atoms with Gasteiger partial charge in [-0.1, -0.05) is 44.0 Å². The summed E-state index contributed by atoms with van der Waals surface area (Å²) >= 11 is 0. The van der Waals surface area contributed by atoms with Gasteiger partial charge in [-0.05, 0) is 128 Å². The standard InChI is InChI=1S/C35H40N2O2/c1-4-5-26-18-20-35(21-19-26,27-6-10-29(11-7-27)38-31-14-16-33(36)24(2)22-31)28-8-12-30(13-9-28)39-32-15-17-34(37)25(3)23-32/h6-17,22-23,26H,4-5,18-21,36-37H2,1-3H3. The Morgan fingerprint density at radius 1 is 0.641 bits per heavy atom. The van der Waals surface area contributed by atoms with Gasteiger partial charge in [-0.15, -0.1) is 0 Å². The van der Waals surface area contributed by atoms with E-state index in [1.807, 2.05) is 50.2 Å². The van der Waals surface area contributed by atoms with E-state index in [1.165, 1.54) is 36.8 Å². The molecule has 4 heteroatoms. The topological polar surface area (TPSA) is 70.5 Å². The van der Waals surface area contributed by atoms with E-state index in [4.69, 9.17) is 20.9 Å². The quantitative estimate of drug-likeness (QED) is 0.227. The van der Waals surface area contributed by atoms with E-state index in [2.05, 4.69) is 55.5 Å². The number of nitrogens with two attached hydrogens (primary N) is 2. The summed E-state index contributed by atoms with van der Waals surface area (Å²) < 4.78 is 12.3. The Hall–Kier alpha value is -3.92. The maximum Gasteiger partial charge on any atom is 0.127 e. The first kappa shape index (κ1) is 26.7. The molecule has 0 heterocycles. The highest BCUT2D eigenvalue weighted by Gasteiger charge is 2.38. The van der Waals surface area contributed by atoms with Gasteiger partial charge in [-0.25, -0.2) is 0 Å². The molecule has 202 valence electrons. The van der Waals surface area contributed by atoms with E-state index >= 15 is 0 Å². The number of anilines is 2. The van der Waals surface area contributed by atoms with Crippen molar-refractivity contribution in [3.63, 3.8) is 0 Å². The molecule has 1 fully saturated rings. The lowest BCUT2D eigenvalue weighted by Gasteiger charge is -2.41. The van der Waals surface area contributed by atoms with Gasteiger partial charge >= 0.3 is 0 Å². The second-order valence-electron chi connectivity index (χ2n) is 11.1. The lowest BCUT2D eigenvalue weighted by Crippen LogP contribution is -2.33. The van der Waals surface area contributed by atoms with Crippen LogP contribution in [0.1, 0.15) is 67.7 Å². The molecule has 4 aromatic rings. The Morgan fingerprint density at radius 3 is 1.44 bits per heavy atom. The van der Waals surface area contributed by atoms with Crippen LogP contribution in [-0.2, 0) is 5.41 Å². The molecule has 0 saturated heterocycles. The zero-order chi connectivity index (χ0) is 27.4. The van der Waals surface area contributed by atoms with Crippen LogP contribution in [0.15, 0.2) is 84.9 Å². The van der Waals surface area contributed by atoms with E-state index in [1.54, 1.807) is 0 Å². The molecule has 4 aromatic carbocycles. The summed E-state index contributed by atoms with van der Waals surface area (Å²) in [6.45, 7) is 6.29. The van der Waals surface area contributed by atoms with Crippen LogP contribution in [0, 0.1) is 19.8 Å². The fourth-order valence-corrected chi connectivity index (χ4v) is 5.99. The highest BCUT2D eigenvalue weighted by Crippen LogP contribution is 2.48. The van der Waals surface area contributed by atoms with Gasteiger partial charge in [0.25, 0.3) is 0 Å². The summed E-state index contributed by atoms with van der Waals surface area (Å²) in [5.41, 5.74) is 18.2. The van der Waals surface area contributed by atoms with Crippen LogP contribution >= 0.6 is 0 Å². The minimum Gasteiger partial charge on any atom is -0.457 e. The van der Waals surface area contributed by atoms with Crippen molar-refractivity contribution >= 4 is 11.4 Å². The first-order valence-corrected chi connectivity index (χ1v) is 14.2. The number of rotatable bonds is 8. The zero-order valence-corrected chi connectivity index (χ0v) is 23.4. The van der Waals surface area contributed by atoms with Gasteiger partial charge in [-0.3, -0.25) is 0 Å². The molecule has 1 saturated carbocycles. The van der Waals surface area contributed by atoms with E-state index in [0.717, 1.165) is 64.3 Å². The molecule has 0 radical (unpaired) electrons. The van der Waals surface area contributed by atoms with Gasteiger partial charge in [0.05, 0.1) is 0 Å². The first-order valence-electron chi connectivity index (χ1n) is 14.2. The molecule has 39 heavy (non-hydrogen) atoms. The molecule has 0 aliphatic heterocycles. The van der Waals surface area contributed by atoms with Crippen molar-refractivity contribution in [1.82, 2.24) is 0 Å². The molecule has 0 unspecified atom stereocenters. The summed E-state index contributed by atoms with van der Waals surface area (Å²) in [5.74, 6) is 4.09. The number of nitrogen functional groups attached to an aromatic ring is 2. The molecular formula is C35H40N2O2. The van der Waals surface area contributed by atoms with Crippen molar-refractivity contribution in [2.75, 3.05) is 11.5 Å². The number of hydrogen-bond acceptors (Lipinski definition) is 4. The Morgan fingerprint density at radius 2 is 1.05 bits per heavy atom. The maximum absolute atomic E-state index is 6.15. The highest BCUT2D eigenvalue weighted by atomic mass is 16.5. The predicted molar refractivity (Wildman–Crippen MR) is 162 cm³/mol. The summed E-state index contributed by atoms with van der Waals surface area (Å²) in [6.07, 6.45) is 7.36. The first-order chi connectivity index (χ1) is 18.9. The minimum absolute atomic E-state index is 0.0170. The van der Waals surface area contributed by atoms with Gasteiger partial charge in [0.1, 0.15) is 23.0 Å². The van der Waals surface area contributed by atoms with E-state index in [9.17, 15) is 0 Å². The molecule has 5 rings (SSSR count). The summed E-state index contributed by atoms with van der Waals surface area (Å²) in [6, 6.07) is 29.0. The van der Waals surface area contributed by atoms with Crippen LogP contribution in [-0.4, -0.2) is 0 Å². The average Bonchev–Trinajstić information content (AvgIpc) is 2.94. The highest BCUT2D eigenvalue weighted by molar-refractivity contribution is 5.52. The van der Waals surface area contributed by atoms with Gasteiger partial charge in [-0.2, -0.15) is 0 Å². The van der Waals surface area contributed by atoms with Crippen molar-refractivity contribution < 1.29 is 9.47 Å². The van der Waals surface area contributed by atoms with E-state index in [-0.39, 0.29) is 5.41 Å². The van der Waals surface area contributed by atoms with Crippen molar-refractivity contribution in [2.24, 2.45) is 5.92 Å². The molecule has 0 atom stereocenters. The number of hydrogen-bond donors (Lipinski definition) is 2. The van der Waals surface area contributed by atoms with Crippen molar-refractivity contribution in [2.45, 2.75) is 64.7 Å². The molecule has 1 aliphatic rings. The van der Waals surface area contributed by atoms with Crippen molar-refractivity contribution in [3.05, 3.63) is 107 Å². The van der Waals surface area contributed by atoms with Crippen molar-refractivity contribution in [3.8, 4) is 23.0 Å². The van der Waals surface area contributed by atoms with Crippen molar-refractivity contribution in [1.29, 1.82) is 0 Å². The molecule has 1 aliphatic carbocycles. The number of ether oxygens (including phenoxy) is 2. The molecule has 0 aromatic heterocycles. The Kier molecular flexibility index (Phi) is 7.83. The zero-order valence-electron chi connectivity index (χ0n) is 23.4. The molecule has 0 spiro atoms.